The number of nitrogens with zero attached hydrogens (tertiary/aromatic N) is 1. The minimum Gasteiger partial charge on any atom is -0.387 e. The Morgan fingerprint density at radius 3 is 2.64 bits per heavy atom. The van der Waals surface area contributed by atoms with Crippen LogP contribution in [-0.2, 0) is 4.74 Å². The predicted molar refractivity (Wildman–Crippen MR) is 92.9 cm³/mol. The largest absolute Gasteiger partial charge is 0.387 e. The number of rotatable bonds is 6. The van der Waals surface area contributed by atoms with E-state index in [2.05, 4.69) is 4.90 Å². The average molecular weight is 343 g/mol. The minimum atomic E-state index is -0.729. The lowest BCUT2D eigenvalue weighted by Crippen LogP contribution is -2.48. The van der Waals surface area contributed by atoms with Gasteiger partial charge >= 0.3 is 0 Å². The molecular weight excluding hydrogens is 321 g/mol. The number of hydrogen-bond acceptors (Lipinski definition) is 4. The number of benzene rings is 2. The molecule has 2 aromatic rings. The van der Waals surface area contributed by atoms with Gasteiger partial charge in [-0.05, 0) is 17.7 Å². The van der Waals surface area contributed by atoms with E-state index in [0.29, 0.717) is 43.9 Å². The van der Waals surface area contributed by atoms with Crippen LogP contribution in [0.15, 0.2) is 54.6 Å². The lowest BCUT2D eigenvalue weighted by atomic mass is 10.0. The van der Waals surface area contributed by atoms with Crippen molar-refractivity contribution >= 4 is 5.78 Å². The summed E-state index contributed by atoms with van der Waals surface area (Å²) >= 11 is 0. The van der Waals surface area contributed by atoms with Gasteiger partial charge in [-0.25, -0.2) is 4.39 Å². The number of halogens is 1. The highest BCUT2D eigenvalue weighted by molar-refractivity contribution is 5.96. The van der Waals surface area contributed by atoms with Crippen molar-refractivity contribution in [3.63, 3.8) is 0 Å². The molecule has 2 aromatic carbocycles. The molecule has 2 atom stereocenters. The molecule has 1 heterocycles. The lowest BCUT2D eigenvalue weighted by molar-refractivity contribution is -0.0272. The van der Waals surface area contributed by atoms with E-state index in [9.17, 15) is 14.3 Å². The summed E-state index contributed by atoms with van der Waals surface area (Å²) in [5.41, 5.74) is 1.35. The first kappa shape index (κ1) is 17.7. The molecule has 1 aliphatic heterocycles. The van der Waals surface area contributed by atoms with E-state index in [-0.39, 0.29) is 17.6 Å². The van der Waals surface area contributed by atoms with E-state index in [0.717, 1.165) is 0 Å². The Balaban J connectivity index is 1.64. The zero-order chi connectivity index (χ0) is 17.6. The summed E-state index contributed by atoms with van der Waals surface area (Å²) in [6.07, 6.45) is -0.381. The zero-order valence-electron chi connectivity index (χ0n) is 14.0. The van der Waals surface area contributed by atoms with Crippen molar-refractivity contribution < 1.29 is 19.0 Å². The number of morpholine rings is 1. The Labute approximate surface area is 146 Å². The summed E-state index contributed by atoms with van der Waals surface area (Å²) in [5.74, 6) is -0.258. The third-order valence-electron chi connectivity index (χ3n) is 4.53. The molecule has 0 amide bonds. The maximum atomic E-state index is 13.0. The van der Waals surface area contributed by atoms with E-state index in [1.165, 1.54) is 12.1 Å². The third kappa shape index (κ3) is 4.72. The number of hydrogen-bond donors (Lipinski definition) is 1. The molecule has 0 aliphatic carbocycles. The standard InChI is InChI=1S/C20H22FNO3/c21-17-8-6-16(7-9-17)20(24)13-22-10-11-25-14-18(22)12-19(23)15-4-2-1-3-5-15/h1-9,18,20,24H,10-14H2. The van der Waals surface area contributed by atoms with Gasteiger partial charge in [-0.1, -0.05) is 42.5 Å². The first-order chi connectivity index (χ1) is 12.1. The number of carbonyl (C=O) groups is 1. The van der Waals surface area contributed by atoms with Gasteiger partial charge < -0.3 is 9.84 Å². The summed E-state index contributed by atoms with van der Waals surface area (Å²) in [6.45, 7) is 2.09. The molecule has 1 fully saturated rings. The second kappa shape index (κ2) is 8.34. The molecule has 0 radical (unpaired) electrons. The van der Waals surface area contributed by atoms with Gasteiger partial charge in [0.2, 0.25) is 0 Å². The van der Waals surface area contributed by atoms with Gasteiger partial charge in [0.05, 0.1) is 19.3 Å². The fourth-order valence-corrected chi connectivity index (χ4v) is 3.09. The summed E-state index contributed by atoms with van der Waals surface area (Å²) in [5, 5.41) is 10.4. The molecule has 5 heteroatoms. The fourth-order valence-electron chi connectivity index (χ4n) is 3.09. The van der Waals surface area contributed by atoms with Gasteiger partial charge in [-0.3, -0.25) is 9.69 Å². The van der Waals surface area contributed by atoms with Crippen LogP contribution in [0.4, 0.5) is 4.39 Å². The van der Waals surface area contributed by atoms with Gasteiger partial charge in [0, 0.05) is 31.1 Å². The van der Waals surface area contributed by atoms with Crippen molar-refractivity contribution in [3.05, 3.63) is 71.5 Å². The molecule has 0 aromatic heterocycles. The molecule has 132 valence electrons. The molecule has 1 aliphatic rings. The number of carbonyl (C=O) groups excluding carboxylic acids is 1. The molecule has 0 bridgehead atoms. The smallest absolute Gasteiger partial charge is 0.164 e. The maximum Gasteiger partial charge on any atom is 0.164 e. The Morgan fingerprint density at radius 2 is 1.92 bits per heavy atom. The van der Waals surface area contributed by atoms with Crippen LogP contribution in [0.25, 0.3) is 0 Å². The minimum absolute atomic E-state index is 0.0670. The van der Waals surface area contributed by atoms with E-state index in [1.54, 1.807) is 12.1 Å². The van der Waals surface area contributed by atoms with Crippen molar-refractivity contribution in [2.45, 2.75) is 18.6 Å². The van der Waals surface area contributed by atoms with E-state index < -0.39 is 6.10 Å². The van der Waals surface area contributed by atoms with Crippen LogP contribution in [0.1, 0.15) is 28.4 Å². The number of β-amino-alcohol motifs (C(OH)–C–C–N with tert-alkyl or cyclic N) is 1. The first-order valence-corrected chi connectivity index (χ1v) is 8.47. The number of ether oxygens (including phenoxy) is 1. The maximum absolute atomic E-state index is 13.0. The topological polar surface area (TPSA) is 49.8 Å². The van der Waals surface area contributed by atoms with Gasteiger partial charge in [-0.2, -0.15) is 0 Å². The third-order valence-corrected chi connectivity index (χ3v) is 4.53. The van der Waals surface area contributed by atoms with Crippen LogP contribution in [0.5, 0.6) is 0 Å². The lowest BCUT2D eigenvalue weighted by Gasteiger charge is -2.36. The molecular formula is C20H22FNO3. The van der Waals surface area contributed by atoms with Crippen LogP contribution in [-0.4, -0.2) is 48.1 Å². The molecule has 4 nitrogen and oxygen atoms in total. The van der Waals surface area contributed by atoms with E-state index >= 15 is 0 Å². The Kier molecular flexibility index (Phi) is 5.91. The number of Topliss-reactive ketones (excluding diaryl/α,β-unsaturated/α-hetero) is 1. The monoisotopic (exact) mass is 343 g/mol. The van der Waals surface area contributed by atoms with Crippen LogP contribution >= 0.6 is 0 Å². The van der Waals surface area contributed by atoms with Crippen molar-refractivity contribution in [2.75, 3.05) is 26.3 Å². The van der Waals surface area contributed by atoms with Crippen molar-refractivity contribution in [3.8, 4) is 0 Å². The van der Waals surface area contributed by atoms with Crippen molar-refractivity contribution in [1.29, 1.82) is 0 Å². The normalized spacial score (nSPS) is 19.5. The van der Waals surface area contributed by atoms with Crippen molar-refractivity contribution in [2.24, 2.45) is 0 Å². The SMILES string of the molecule is O=C(CC1COCCN1CC(O)c1ccc(F)cc1)c1ccccc1. The van der Waals surface area contributed by atoms with Gasteiger partial charge in [-0.15, -0.1) is 0 Å². The molecule has 0 spiro atoms. The Bertz CT molecular complexity index is 690. The van der Waals surface area contributed by atoms with E-state index in [1.807, 2.05) is 30.3 Å². The van der Waals surface area contributed by atoms with Crippen LogP contribution in [0.2, 0.25) is 0 Å². The summed E-state index contributed by atoms with van der Waals surface area (Å²) in [6, 6.07) is 15.0. The molecule has 0 saturated carbocycles. The van der Waals surface area contributed by atoms with Crippen LogP contribution < -0.4 is 0 Å². The molecule has 25 heavy (non-hydrogen) atoms. The molecule has 1 saturated heterocycles. The zero-order valence-corrected chi connectivity index (χ0v) is 14.0. The number of ketones is 1. The quantitative estimate of drug-likeness (QED) is 0.820. The Hall–Kier alpha value is -2.08. The van der Waals surface area contributed by atoms with Gasteiger partial charge in [0.1, 0.15) is 5.82 Å². The highest BCUT2D eigenvalue weighted by atomic mass is 19.1. The predicted octanol–water partition coefficient (Wildman–Crippen LogP) is 2.83. The van der Waals surface area contributed by atoms with Crippen LogP contribution in [0, 0.1) is 5.82 Å². The van der Waals surface area contributed by atoms with E-state index in [4.69, 9.17) is 4.74 Å². The summed E-state index contributed by atoms with van der Waals surface area (Å²) in [7, 11) is 0. The highest BCUT2D eigenvalue weighted by Gasteiger charge is 2.27. The molecule has 2 unspecified atom stereocenters. The number of aliphatic hydroxyl groups is 1. The molecule has 3 rings (SSSR count). The first-order valence-electron chi connectivity index (χ1n) is 8.47. The average Bonchev–Trinajstić information content (AvgIpc) is 2.64. The van der Waals surface area contributed by atoms with Gasteiger partial charge in [0.15, 0.2) is 5.78 Å². The summed E-state index contributed by atoms with van der Waals surface area (Å²) in [4.78, 5) is 14.5. The van der Waals surface area contributed by atoms with Crippen LogP contribution in [0.3, 0.4) is 0 Å². The highest BCUT2D eigenvalue weighted by Crippen LogP contribution is 2.20. The van der Waals surface area contributed by atoms with Crippen molar-refractivity contribution in [1.82, 2.24) is 4.90 Å². The van der Waals surface area contributed by atoms with Gasteiger partial charge in [0.25, 0.3) is 0 Å². The molecule has 1 N–H and O–H groups in total. The number of aliphatic hydroxyl groups excluding tert-OH is 1. The Morgan fingerprint density at radius 1 is 1.20 bits per heavy atom. The fraction of sp³-hybridized carbons (Fsp3) is 0.350. The summed E-state index contributed by atoms with van der Waals surface area (Å²) < 4.78 is 18.6. The second-order valence-corrected chi connectivity index (χ2v) is 6.28. The second-order valence-electron chi connectivity index (χ2n) is 6.28.